The van der Waals surface area contributed by atoms with Crippen LogP contribution >= 0.6 is 0 Å². The number of likely N-dealkylation sites (N-methyl/N-ethyl adjacent to an activating group) is 1. The number of carbonyl (C=O) groups excluding carboxylic acids is 2. The van der Waals surface area contributed by atoms with Gasteiger partial charge in [0.15, 0.2) is 0 Å². The number of carbonyl (C=O) groups is 2. The fourth-order valence-electron chi connectivity index (χ4n) is 2.34. The lowest BCUT2D eigenvalue weighted by molar-refractivity contribution is -0.124. The maximum atomic E-state index is 11.8. The Morgan fingerprint density at radius 2 is 1.59 bits per heavy atom. The van der Waals surface area contributed by atoms with Crippen molar-refractivity contribution in [2.24, 2.45) is 11.7 Å². The Kier molecular flexibility index (Phi) is 8.45. The normalized spacial score (nSPS) is 13.3. The summed E-state index contributed by atoms with van der Waals surface area (Å²) in [6.45, 7) is 10.9. The van der Waals surface area contributed by atoms with E-state index in [1.165, 1.54) is 0 Å². The van der Waals surface area contributed by atoms with Gasteiger partial charge in [0, 0.05) is 13.6 Å². The molecule has 0 aromatic carbocycles. The second-order valence-electron chi connectivity index (χ2n) is 7.18. The van der Waals surface area contributed by atoms with Crippen molar-refractivity contribution < 1.29 is 14.3 Å². The molecule has 0 aliphatic rings. The second-order valence-corrected chi connectivity index (χ2v) is 7.18. The van der Waals surface area contributed by atoms with Crippen molar-refractivity contribution >= 4 is 12.0 Å². The van der Waals surface area contributed by atoms with Crippen LogP contribution in [0.3, 0.4) is 0 Å². The topological polar surface area (TPSA) is 75.9 Å². The molecule has 2 amide bonds. The van der Waals surface area contributed by atoms with Gasteiger partial charge in [-0.1, -0.05) is 13.8 Å². The van der Waals surface area contributed by atoms with Gasteiger partial charge in [-0.25, -0.2) is 4.79 Å². The Labute approximate surface area is 135 Å². The van der Waals surface area contributed by atoms with Gasteiger partial charge in [0.1, 0.15) is 5.60 Å². The zero-order valence-electron chi connectivity index (χ0n) is 15.2. The van der Waals surface area contributed by atoms with Gasteiger partial charge in [-0.3, -0.25) is 9.69 Å². The molecule has 0 aromatic heterocycles. The van der Waals surface area contributed by atoms with Crippen LogP contribution < -0.4 is 5.73 Å². The lowest BCUT2D eigenvalue weighted by atomic mass is 10.0. The zero-order chi connectivity index (χ0) is 17.5. The summed E-state index contributed by atoms with van der Waals surface area (Å²) in [5.74, 6) is -0.102. The van der Waals surface area contributed by atoms with Gasteiger partial charge < -0.3 is 15.4 Å². The first kappa shape index (κ1) is 20.7. The van der Waals surface area contributed by atoms with Crippen molar-refractivity contribution in [3.8, 4) is 0 Å². The predicted octanol–water partition coefficient (Wildman–Crippen LogP) is 2.08. The first-order chi connectivity index (χ1) is 9.95. The summed E-state index contributed by atoms with van der Waals surface area (Å²) in [7, 11) is 3.64. The fraction of sp³-hybridized carbons (Fsp3) is 0.875. The SMILES string of the molecule is CC(C)C(C(N)=O)N(C)CCCCN(C)C(=O)OC(C)(C)C. The molecule has 2 N–H and O–H groups in total. The third kappa shape index (κ3) is 8.22. The van der Waals surface area contributed by atoms with Crippen LogP contribution in [0.4, 0.5) is 4.79 Å². The van der Waals surface area contributed by atoms with Crippen molar-refractivity contribution in [3.63, 3.8) is 0 Å². The number of hydrogen-bond acceptors (Lipinski definition) is 4. The molecule has 130 valence electrons. The Bertz CT molecular complexity index is 364. The van der Waals surface area contributed by atoms with Gasteiger partial charge >= 0.3 is 6.09 Å². The maximum Gasteiger partial charge on any atom is 0.410 e. The van der Waals surface area contributed by atoms with Crippen LogP contribution in [0.25, 0.3) is 0 Å². The third-order valence-corrected chi connectivity index (χ3v) is 3.36. The van der Waals surface area contributed by atoms with E-state index in [1.807, 2.05) is 46.6 Å². The molecular formula is C16H33N3O3. The highest BCUT2D eigenvalue weighted by Crippen LogP contribution is 2.11. The minimum Gasteiger partial charge on any atom is -0.444 e. The monoisotopic (exact) mass is 315 g/mol. The number of amides is 2. The standard InChI is InChI=1S/C16H33N3O3/c1-12(2)13(14(17)20)18(6)10-8-9-11-19(7)15(21)22-16(3,4)5/h12-13H,8-11H2,1-7H3,(H2,17,20). The van der Waals surface area contributed by atoms with E-state index in [0.29, 0.717) is 6.54 Å². The number of nitrogens with two attached hydrogens (primary N) is 1. The van der Waals surface area contributed by atoms with E-state index >= 15 is 0 Å². The first-order valence-electron chi connectivity index (χ1n) is 7.89. The molecule has 1 atom stereocenters. The summed E-state index contributed by atoms with van der Waals surface area (Å²) >= 11 is 0. The molecule has 0 fully saturated rings. The number of rotatable bonds is 8. The summed E-state index contributed by atoms with van der Waals surface area (Å²) in [6, 6.07) is -0.247. The third-order valence-electron chi connectivity index (χ3n) is 3.36. The Morgan fingerprint density at radius 3 is 2.00 bits per heavy atom. The Morgan fingerprint density at radius 1 is 1.09 bits per heavy atom. The predicted molar refractivity (Wildman–Crippen MR) is 88.5 cm³/mol. The number of hydrogen-bond donors (Lipinski definition) is 1. The van der Waals surface area contributed by atoms with Gasteiger partial charge in [0.25, 0.3) is 0 Å². The zero-order valence-corrected chi connectivity index (χ0v) is 15.2. The van der Waals surface area contributed by atoms with Crippen molar-refractivity contribution in [2.75, 3.05) is 27.2 Å². The molecule has 0 saturated heterocycles. The van der Waals surface area contributed by atoms with E-state index in [1.54, 1.807) is 11.9 Å². The molecule has 0 heterocycles. The molecule has 6 heteroatoms. The van der Waals surface area contributed by atoms with Gasteiger partial charge in [0.05, 0.1) is 6.04 Å². The van der Waals surface area contributed by atoms with Crippen molar-refractivity contribution in [2.45, 2.75) is 59.1 Å². The molecule has 0 radical (unpaired) electrons. The Balaban J connectivity index is 4.11. The van der Waals surface area contributed by atoms with Gasteiger partial charge in [-0.05, 0) is 53.1 Å². The molecule has 0 rings (SSSR count). The minimum atomic E-state index is -0.475. The largest absolute Gasteiger partial charge is 0.444 e. The second kappa shape index (κ2) is 8.98. The maximum absolute atomic E-state index is 11.8. The lowest BCUT2D eigenvalue weighted by Crippen LogP contribution is -2.46. The van der Waals surface area contributed by atoms with Crippen LogP contribution in [-0.4, -0.2) is 60.6 Å². The van der Waals surface area contributed by atoms with Crippen LogP contribution in [0.15, 0.2) is 0 Å². The molecule has 0 bridgehead atoms. The molecular weight excluding hydrogens is 282 g/mol. The van der Waals surface area contributed by atoms with Gasteiger partial charge in [-0.2, -0.15) is 0 Å². The van der Waals surface area contributed by atoms with Crippen LogP contribution in [0.1, 0.15) is 47.5 Å². The van der Waals surface area contributed by atoms with E-state index in [2.05, 4.69) is 0 Å². The van der Waals surface area contributed by atoms with Crippen molar-refractivity contribution in [3.05, 3.63) is 0 Å². The highest BCUT2D eigenvalue weighted by Gasteiger charge is 2.24. The van der Waals surface area contributed by atoms with Crippen LogP contribution in [-0.2, 0) is 9.53 Å². The highest BCUT2D eigenvalue weighted by molar-refractivity contribution is 5.80. The number of primary amides is 1. The average molecular weight is 315 g/mol. The van der Waals surface area contributed by atoms with Gasteiger partial charge in [0.2, 0.25) is 5.91 Å². The summed E-state index contributed by atoms with van der Waals surface area (Å²) in [5, 5.41) is 0. The molecule has 0 aliphatic carbocycles. The summed E-state index contributed by atoms with van der Waals surface area (Å²) < 4.78 is 5.29. The van der Waals surface area contributed by atoms with Gasteiger partial charge in [-0.15, -0.1) is 0 Å². The molecule has 0 aromatic rings. The van der Waals surface area contributed by atoms with E-state index in [0.717, 1.165) is 19.4 Å². The smallest absolute Gasteiger partial charge is 0.410 e. The lowest BCUT2D eigenvalue weighted by Gasteiger charge is -2.29. The van der Waals surface area contributed by atoms with E-state index in [-0.39, 0.29) is 24.0 Å². The van der Waals surface area contributed by atoms with Crippen LogP contribution in [0.2, 0.25) is 0 Å². The molecule has 22 heavy (non-hydrogen) atoms. The average Bonchev–Trinajstić information content (AvgIpc) is 2.31. The Hall–Kier alpha value is -1.30. The van der Waals surface area contributed by atoms with E-state index in [4.69, 9.17) is 10.5 Å². The number of nitrogens with zero attached hydrogens (tertiary/aromatic N) is 2. The minimum absolute atomic E-state index is 0.187. The summed E-state index contributed by atoms with van der Waals surface area (Å²) in [5.41, 5.74) is 4.96. The summed E-state index contributed by atoms with van der Waals surface area (Å²) in [4.78, 5) is 26.8. The fourth-order valence-corrected chi connectivity index (χ4v) is 2.34. The molecule has 6 nitrogen and oxygen atoms in total. The van der Waals surface area contributed by atoms with Crippen LogP contribution in [0, 0.1) is 5.92 Å². The van der Waals surface area contributed by atoms with E-state index < -0.39 is 5.60 Å². The van der Waals surface area contributed by atoms with Crippen LogP contribution in [0.5, 0.6) is 0 Å². The quantitative estimate of drug-likeness (QED) is 0.696. The van der Waals surface area contributed by atoms with Crippen molar-refractivity contribution in [1.82, 2.24) is 9.80 Å². The summed E-state index contributed by atoms with van der Waals surface area (Å²) in [6.07, 6.45) is 1.43. The highest BCUT2D eigenvalue weighted by atomic mass is 16.6. The molecule has 0 saturated carbocycles. The molecule has 0 spiro atoms. The number of ether oxygens (including phenoxy) is 1. The molecule has 0 aliphatic heterocycles. The molecule has 1 unspecified atom stereocenters. The van der Waals surface area contributed by atoms with Crippen molar-refractivity contribution in [1.29, 1.82) is 0 Å². The number of unbranched alkanes of at least 4 members (excludes halogenated alkanes) is 1. The van der Waals surface area contributed by atoms with E-state index in [9.17, 15) is 9.59 Å². The first-order valence-corrected chi connectivity index (χ1v) is 7.89.